The van der Waals surface area contributed by atoms with Crippen LogP contribution in [-0.4, -0.2) is 33.1 Å². The molecule has 0 saturated carbocycles. The van der Waals surface area contributed by atoms with Gasteiger partial charge >= 0.3 is 5.97 Å². The summed E-state index contributed by atoms with van der Waals surface area (Å²) in [6.45, 7) is 7.98. The highest BCUT2D eigenvalue weighted by Gasteiger charge is 2.35. The van der Waals surface area contributed by atoms with E-state index in [1.807, 2.05) is 62.4 Å². The Kier molecular flexibility index (Phi) is 7.59. The Morgan fingerprint density at radius 2 is 2.03 bits per heavy atom. The van der Waals surface area contributed by atoms with E-state index in [1.54, 1.807) is 10.8 Å². The van der Waals surface area contributed by atoms with E-state index in [9.17, 15) is 4.79 Å². The maximum absolute atomic E-state index is 13.0. The highest BCUT2D eigenvalue weighted by molar-refractivity contribution is 7.99. The number of aromatic nitrogens is 3. The van der Waals surface area contributed by atoms with Crippen LogP contribution < -0.4 is 10.1 Å². The number of esters is 1. The Balaban J connectivity index is 1.64. The Labute approximate surface area is 207 Å². The molecule has 4 rings (SSSR count). The van der Waals surface area contributed by atoms with Crippen molar-refractivity contribution in [1.29, 1.82) is 0 Å². The molecule has 0 saturated heterocycles. The van der Waals surface area contributed by atoms with Crippen molar-refractivity contribution in [3.8, 4) is 5.75 Å². The van der Waals surface area contributed by atoms with Crippen LogP contribution in [0, 0.1) is 0 Å². The molecule has 1 aromatic heterocycles. The summed E-state index contributed by atoms with van der Waals surface area (Å²) in [5, 5.41) is 9.15. The largest absolute Gasteiger partial charge is 0.489 e. The van der Waals surface area contributed by atoms with Gasteiger partial charge in [0.25, 0.3) is 0 Å². The fourth-order valence-corrected chi connectivity index (χ4v) is 4.37. The van der Waals surface area contributed by atoms with Gasteiger partial charge in [-0.2, -0.15) is 4.98 Å². The van der Waals surface area contributed by atoms with Crippen LogP contribution in [0.15, 0.2) is 77.6 Å². The molecule has 0 aliphatic carbocycles. The summed E-state index contributed by atoms with van der Waals surface area (Å²) >= 11 is 7.76. The standard InChI is InChI=1S/C25H25ClN4O3S/c1-4-14-32-23(31)21-16(3)27-24-28-25(34-5-2)29-30(24)22(21)17-10-12-19(13-11-17)33-15-18-8-6-7-9-20(18)26/h4,6-13,22H,1,5,14-15H2,2-3H3,(H,27,28,29). The van der Waals surface area contributed by atoms with Gasteiger partial charge in [0.1, 0.15) is 25.0 Å². The van der Waals surface area contributed by atoms with Crippen LogP contribution in [-0.2, 0) is 16.1 Å². The zero-order valence-electron chi connectivity index (χ0n) is 19.0. The van der Waals surface area contributed by atoms with Gasteiger partial charge in [0.15, 0.2) is 0 Å². The van der Waals surface area contributed by atoms with Crippen LogP contribution in [0.2, 0.25) is 5.02 Å². The molecule has 176 valence electrons. The third-order valence-corrected chi connectivity index (χ3v) is 6.30. The Bertz CT molecular complexity index is 1220. The summed E-state index contributed by atoms with van der Waals surface area (Å²) in [4.78, 5) is 17.6. The Morgan fingerprint density at radius 1 is 1.26 bits per heavy atom. The quantitative estimate of drug-likeness (QED) is 0.233. The molecule has 0 radical (unpaired) electrons. The van der Waals surface area contributed by atoms with Crippen molar-refractivity contribution in [2.45, 2.75) is 31.7 Å². The highest BCUT2D eigenvalue weighted by atomic mass is 35.5. The normalized spacial score (nSPS) is 14.9. The fraction of sp³-hybridized carbons (Fsp3) is 0.240. The van der Waals surface area contributed by atoms with Crippen LogP contribution in [0.1, 0.15) is 31.0 Å². The zero-order valence-corrected chi connectivity index (χ0v) is 20.5. The second kappa shape index (κ2) is 10.8. The van der Waals surface area contributed by atoms with E-state index in [0.29, 0.717) is 39.8 Å². The number of hydrogen-bond donors (Lipinski definition) is 1. The summed E-state index contributed by atoms with van der Waals surface area (Å²) < 4.78 is 13.0. The molecular formula is C25H25ClN4O3S. The molecule has 2 aromatic carbocycles. The number of anilines is 1. The topological polar surface area (TPSA) is 78.3 Å². The molecule has 0 fully saturated rings. The number of thioether (sulfide) groups is 1. The summed E-state index contributed by atoms with van der Waals surface area (Å²) in [5.74, 6) is 1.68. The van der Waals surface area contributed by atoms with Crippen LogP contribution in [0.3, 0.4) is 0 Å². The molecule has 1 unspecified atom stereocenters. The third-order valence-electron chi connectivity index (χ3n) is 5.21. The Hall–Kier alpha value is -3.23. The molecular weight excluding hydrogens is 472 g/mol. The van der Waals surface area contributed by atoms with Crippen molar-refractivity contribution in [3.63, 3.8) is 0 Å². The van der Waals surface area contributed by atoms with Gasteiger partial charge in [-0.3, -0.25) is 0 Å². The minimum absolute atomic E-state index is 0.123. The van der Waals surface area contributed by atoms with E-state index < -0.39 is 12.0 Å². The number of benzene rings is 2. The average Bonchev–Trinajstić information content (AvgIpc) is 3.23. The van der Waals surface area contributed by atoms with E-state index in [4.69, 9.17) is 21.1 Å². The molecule has 1 atom stereocenters. The maximum atomic E-state index is 13.0. The fourth-order valence-electron chi connectivity index (χ4n) is 3.63. The lowest BCUT2D eigenvalue weighted by molar-refractivity contribution is -0.138. The summed E-state index contributed by atoms with van der Waals surface area (Å²) in [5.41, 5.74) is 2.91. The first kappa shape index (κ1) is 23.9. The van der Waals surface area contributed by atoms with Gasteiger partial charge in [-0.15, -0.1) is 5.10 Å². The van der Waals surface area contributed by atoms with Crippen LogP contribution in [0.5, 0.6) is 5.75 Å². The molecule has 1 aliphatic rings. The lowest BCUT2D eigenvalue weighted by Crippen LogP contribution is -2.29. The van der Waals surface area contributed by atoms with Crippen LogP contribution >= 0.6 is 23.4 Å². The monoisotopic (exact) mass is 496 g/mol. The minimum Gasteiger partial charge on any atom is -0.489 e. The molecule has 0 bridgehead atoms. The summed E-state index contributed by atoms with van der Waals surface area (Å²) in [6, 6.07) is 14.7. The molecule has 3 aromatic rings. The molecule has 2 heterocycles. The molecule has 9 heteroatoms. The van der Waals surface area contributed by atoms with Crippen molar-refractivity contribution in [2.24, 2.45) is 0 Å². The van der Waals surface area contributed by atoms with Gasteiger partial charge in [-0.25, -0.2) is 9.48 Å². The highest BCUT2D eigenvalue weighted by Crippen LogP contribution is 2.37. The minimum atomic E-state index is -0.495. The van der Waals surface area contributed by atoms with E-state index >= 15 is 0 Å². The smallest absolute Gasteiger partial charge is 0.338 e. The zero-order chi connectivity index (χ0) is 24.1. The second-order valence-electron chi connectivity index (χ2n) is 7.50. The van der Waals surface area contributed by atoms with Gasteiger partial charge in [-0.05, 0) is 36.4 Å². The molecule has 0 amide bonds. The van der Waals surface area contributed by atoms with E-state index in [0.717, 1.165) is 16.9 Å². The Morgan fingerprint density at radius 3 is 2.74 bits per heavy atom. The third kappa shape index (κ3) is 5.13. The molecule has 0 spiro atoms. The van der Waals surface area contributed by atoms with E-state index in [1.165, 1.54) is 11.8 Å². The van der Waals surface area contributed by atoms with E-state index in [2.05, 4.69) is 22.0 Å². The van der Waals surface area contributed by atoms with Gasteiger partial charge in [0, 0.05) is 16.3 Å². The average molecular weight is 497 g/mol. The first-order chi connectivity index (χ1) is 16.5. The summed E-state index contributed by atoms with van der Waals surface area (Å²) in [7, 11) is 0. The lowest BCUT2D eigenvalue weighted by Gasteiger charge is -2.28. The predicted molar refractivity (Wildman–Crippen MR) is 134 cm³/mol. The molecule has 7 nitrogen and oxygen atoms in total. The second-order valence-corrected chi connectivity index (χ2v) is 9.14. The van der Waals surface area contributed by atoms with Gasteiger partial charge < -0.3 is 14.8 Å². The molecule has 1 N–H and O–H groups in total. The number of allylic oxidation sites excluding steroid dienone is 1. The van der Waals surface area contributed by atoms with Crippen molar-refractivity contribution in [3.05, 3.63) is 88.6 Å². The van der Waals surface area contributed by atoms with Gasteiger partial charge in [0.05, 0.1) is 5.57 Å². The van der Waals surface area contributed by atoms with Crippen molar-refractivity contribution >= 4 is 35.3 Å². The van der Waals surface area contributed by atoms with Crippen molar-refractivity contribution < 1.29 is 14.3 Å². The number of carbonyl (C=O) groups is 1. The number of rotatable bonds is 9. The number of nitrogens with one attached hydrogen (secondary N) is 1. The van der Waals surface area contributed by atoms with Gasteiger partial charge in [-0.1, -0.05) is 73.3 Å². The predicted octanol–water partition coefficient (Wildman–Crippen LogP) is 5.64. The SMILES string of the molecule is C=CCOC(=O)C1=C(C)Nc2nc(SCC)nn2C1c1ccc(OCc2ccccc2Cl)cc1. The van der Waals surface area contributed by atoms with Crippen molar-refractivity contribution in [1.82, 2.24) is 14.8 Å². The number of nitrogens with zero attached hydrogens (tertiary/aromatic N) is 3. The first-order valence-corrected chi connectivity index (χ1v) is 12.2. The number of halogens is 1. The summed E-state index contributed by atoms with van der Waals surface area (Å²) in [6.07, 6.45) is 1.54. The van der Waals surface area contributed by atoms with Crippen molar-refractivity contribution in [2.75, 3.05) is 17.7 Å². The maximum Gasteiger partial charge on any atom is 0.338 e. The first-order valence-electron chi connectivity index (χ1n) is 10.8. The number of ether oxygens (including phenoxy) is 2. The van der Waals surface area contributed by atoms with E-state index in [-0.39, 0.29) is 6.61 Å². The van der Waals surface area contributed by atoms with Crippen LogP contribution in [0.25, 0.3) is 0 Å². The lowest BCUT2D eigenvalue weighted by atomic mass is 9.96. The van der Waals surface area contributed by atoms with Gasteiger partial charge in [0.2, 0.25) is 11.1 Å². The molecule has 1 aliphatic heterocycles. The number of hydrogen-bond acceptors (Lipinski definition) is 7. The molecule has 34 heavy (non-hydrogen) atoms. The number of fused-ring (bicyclic) bond motifs is 1. The number of carbonyl (C=O) groups excluding carboxylic acids is 1. The van der Waals surface area contributed by atoms with Crippen LogP contribution in [0.4, 0.5) is 5.95 Å².